The first kappa shape index (κ1) is 25.5. The van der Waals surface area contributed by atoms with Crippen LogP contribution in [0.3, 0.4) is 0 Å². The van der Waals surface area contributed by atoms with Gasteiger partial charge in [0.15, 0.2) is 6.61 Å². The first-order valence-corrected chi connectivity index (χ1v) is 11.8. The van der Waals surface area contributed by atoms with Gasteiger partial charge in [-0.25, -0.2) is 13.1 Å². The Balaban J connectivity index is 1.60. The van der Waals surface area contributed by atoms with E-state index in [9.17, 15) is 26.4 Å². The Bertz CT molecular complexity index is 1250. The number of carbonyl (C=O) groups is 1. The van der Waals surface area contributed by atoms with Crippen molar-refractivity contribution in [3.05, 3.63) is 88.9 Å². The molecule has 0 saturated carbocycles. The minimum absolute atomic E-state index is 0.0111. The van der Waals surface area contributed by atoms with Crippen LogP contribution in [-0.4, -0.2) is 20.9 Å². The summed E-state index contributed by atoms with van der Waals surface area (Å²) in [4.78, 5) is 12.1. The van der Waals surface area contributed by atoms with E-state index in [4.69, 9.17) is 16.3 Å². The zero-order chi connectivity index (χ0) is 24.9. The Kier molecular flexibility index (Phi) is 7.86. The molecule has 1 atom stereocenters. The summed E-state index contributed by atoms with van der Waals surface area (Å²) in [5.41, 5.74) is -0.739. The molecular weight excluding hydrogens is 493 g/mol. The molecule has 0 saturated heterocycles. The third-order valence-electron chi connectivity index (χ3n) is 4.70. The monoisotopic (exact) mass is 512 g/mol. The molecule has 0 aromatic heterocycles. The molecule has 0 unspecified atom stereocenters. The molecule has 0 radical (unpaired) electrons. The van der Waals surface area contributed by atoms with Crippen molar-refractivity contribution in [1.29, 1.82) is 0 Å². The molecule has 2 N–H and O–H groups in total. The fourth-order valence-corrected chi connectivity index (χ4v) is 4.42. The van der Waals surface area contributed by atoms with Crippen LogP contribution in [0.5, 0.6) is 5.75 Å². The summed E-state index contributed by atoms with van der Waals surface area (Å²) in [7, 11) is -3.82. The number of anilines is 1. The van der Waals surface area contributed by atoms with Crippen molar-refractivity contribution < 1.29 is 31.1 Å². The number of amides is 1. The van der Waals surface area contributed by atoms with Gasteiger partial charge in [-0.15, -0.1) is 0 Å². The zero-order valence-electron chi connectivity index (χ0n) is 17.8. The van der Waals surface area contributed by atoms with Crippen LogP contribution in [0.4, 0.5) is 18.9 Å². The molecule has 0 aliphatic carbocycles. The lowest BCUT2D eigenvalue weighted by Crippen LogP contribution is -2.26. The van der Waals surface area contributed by atoms with E-state index >= 15 is 0 Å². The van der Waals surface area contributed by atoms with E-state index in [0.29, 0.717) is 6.07 Å². The standard InChI is InChI=1S/C23H20ClF3N2O4S/c1-15(16-5-3-2-4-6-16)29-34(31,32)19-10-8-18(9-11-19)33-14-22(30)28-21-12-7-17(24)13-20(21)23(25,26)27/h2-13,15,29H,14H2,1H3,(H,28,30)/t15-/m1/s1. The summed E-state index contributed by atoms with van der Waals surface area (Å²) in [5.74, 6) is -0.666. The predicted octanol–water partition coefficient (Wildman–Crippen LogP) is 5.42. The highest BCUT2D eigenvalue weighted by Crippen LogP contribution is 2.36. The van der Waals surface area contributed by atoms with Gasteiger partial charge < -0.3 is 10.1 Å². The second-order valence-electron chi connectivity index (χ2n) is 7.25. The number of nitrogens with one attached hydrogen (secondary N) is 2. The number of benzene rings is 3. The smallest absolute Gasteiger partial charge is 0.418 e. The number of rotatable bonds is 8. The molecule has 0 heterocycles. The molecule has 3 aromatic rings. The maximum absolute atomic E-state index is 13.1. The first-order chi connectivity index (χ1) is 16.0. The van der Waals surface area contributed by atoms with E-state index in [1.807, 2.05) is 6.07 Å². The van der Waals surface area contributed by atoms with Crippen molar-refractivity contribution in [2.24, 2.45) is 0 Å². The average molecular weight is 513 g/mol. The Morgan fingerprint density at radius 3 is 2.29 bits per heavy atom. The van der Waals surface area contributed by atoms with E-state index in [1.54, 1.807) is 31.2 Å². The van der Waals surface area contributed by atoms with E-state index in [0.717, 1.165) is 11.6 Å². The molecule has 180 valence electrons. The number of hydrogen-bond acceptors (Lipinski definition) is 4. The molecule has 3 rings (SSSR count). The third kappa shape index (κ3) is 6.72. The van der Waals surface area contributed by atoms with Gasteiger partial charge in [0.2, 0.25) is 10.0 Å². The summed E-state index contributed by atoms with van der Waals surface area (Å²) in [6.45, 7) is 1.13. The topological polar surface area (TPSA) is 84.5 Å². The lowest BCUT2D eigenvalue weighted by molar-refractivity contribution is -0.137. The fraction of sp³-hybridized carbons (Fsp3) is 0.174. The number of halogens is 4. The highest BCUT2D eigenvalue weighted by molar-refractivity contribution is 7.89. The normalized spacial score (nSPS) is 12.7. The largest absolute Gasteiger partial charge is 0.484 e. The van der Waals surface area contributed by atoms with Crippen LogP contribution >= 0.6 is 11.6 Å². The first-order valence-electron chi connectivity index (χ1n) is 9.92. The van der Waals surface area contributed by atoms with Gasteiger partial charge >= 0.3 is 6.18 Å². The van der Waals surface area contributed by atoms with Crippen LogP contribution in [-0.2, 0) is 21.0 Å². The van der Waals surface area contributed by atoms with Crippen LogP contribution in [0.2, 0.25) is 5.02 Å². The van der Waals surface area contributed by atoms with E-state index in [-0.39, 0.29) is 15.7 Å². The molecule has 0 fully saturated rings. The van der Waals surface area contributed by atoms with Gasteiger partial charge in [-0.2, -0.15) is 13.2 Å². The molecule has 0 spiro atoms. The SMILES string of the molecule is C[C@@H](NS(=O)(=O)c1ccc(OCC(=O)Nc2ccc(Cl)cc2C(F)(F)F)cc1)c1ccccc1. The van der Waals surface area contributed by atoms with Gasteiger partial charge in [-0.05, 0) is 55.0 Å². The number of ether oxygens (including phenoxy) is 1. The van der Waals surface area contributed by atoms with Crippen LogP contribution in [0.1, 0.15) is 24.1 Å². The maximum atomic E-state index is 13.1. The highest BCUT2D eigenvalue weighted by atomic mass is 35.5. The second-order valence-corrected chi connectivity index (χ2v) is 9.40. The van der Waals surface area contributed by atoms with Crippen molar-refractivity contribution in [2.45, 2.75) is 24.0 Å². The Morgan fingerprint density at radius 1 is 1.03 bits per heavy atom. The van der Waals surface area contributed by atoms with Crippen molar-refractivity contribution >= 4 is 33.2 Å². The predicted molar refractivity (Wildman–Crippen MR) is 122 cm³/mol. The van der Waals surface area contributed by atoms with Gasteiger partial charge in [0.25, 0.3) is 5.91 Å². The summed E-state index contributed by atoms with van der Waals surface area (Å²) in [5, 5.41) is 2.02. The maximum Gasteiger partial charge on any atom is 0.418 e. The number of carbonyl (C=O) groups excluding carboxylic acids is 1. The second kappa shape index (κ2) is 10.5. The molecule has 11 heteroatoms. The summed E-state index contributed by atoms with van der Waals surface area (Å²) >= 11 is 5.62. The lowest BCUT2D eigenvalue weighted by Gasteiger charge is -2.15. The van der Waals surface area contributed by atoms with Crippen LogP contribution < -0.4 is 14.8 Å². The molecule has 0 aliphatic rings. The molecule has 0 aliphatic heterocycles. The van der Waals surface area contributed by atoms with Crippen molar-refractivity contribution in [2.75, 3.05) is 11.9 Å². The number of hydrogen-bond donors (Lipinski definition) is 2. The molecular formula is C23H20ClF3N2O4S. The molecule has 34 heavy (non-hydrogen) atoms. The average Bonchev–Trinajstić information content (AvgIpc) is 2.79. The summed E-state index contributed by atoms with van der Waals surface area (Å²) in [6.07, 6.45) is -4.71. The van der Waals surface area contributed by atoms with Crippen LogP contribution in [0.25, 0.3) is 0 Å². The van der Waals surface area contributed by atoms with Gasteiger partial charge in [-0.3, -0.25) is 4.79 Å². The third-order valence-corrected chi connectivity index (χ3v) is 6.49. The van der Waals surface area contributed by atoms with Gasteiger partial charge in [-0.1, -0.05) is 41.9 Å². The van der Waals surface area contributed by atoms with Crippen molar-refractivity contribution in [3.8, 4) is 5.75 Å². The Labute approximate surface area is 199 Å². The van der Waals surface area contributed by atoms with E-state index < -0.39 is 46.0 Å². The number of sulfonamides is 1. The molecule has 6 nitrogen and oxygen atoms in total. The van der Waals surface area contributed by atoms with Crippen LogP contribution in [0, 0.1) is 0 Å². The quantitative estimate of drug-likeness (QED) is 0.422. The van der Waals surface area contributed by atoms with Crippen molar-refractivity contribution in [1.82, 2.24) is 4.72 Å². The Morgan fingerprint density at radius 2 is 1.68 bits per heavy atom. The molecule has 1 amide bonds. The minimum atomic E-state index is -4.71. The van der Waals surface area contributed by atoms with Gasteiger partial charge in [0.05, 0.1) is 16.1 Å². The van der Waals surface area contributed by atoms with Crippen molar-refractivity contribution in [3.63, 3.8) is 0 Å². The fourth-order valence-electron chi connectivity index (χ4n) is 3.02. The Hall–Kier alpha value is -3.08. The zero-order valence-corrected chi connectivity index (χ0v) is 19.3. The van der Waals surface area contributed by atoms with Crippen LogP contribution in [0.15, 0.2) is 77.7 Å². The summed E-state index contributed by atoms with van der Waals surface area (Å²) in [6, 6.07) is 16.9. The van der Waals surface area contributed by atoms with Gasteiger partial charge in [0, 0.05) is 11.1 Å². The molecule has 0 bridgehead atoms. The molecule has 3 aromatic carbocycles. The summed E-state index contributed by atoms with van der Waals surface area (Å²) < 4.78 is 72.5. The number of alkyl halides is 3. The van der Waals surface area contributed by atoms with E-state index in [2.05, 4.69) is 10.0 Å². The van der Waals surface area contributed by atoms with Gasteiger partial charge in [0.1, 0.15) is 5.75 Å². The van der Waals surface area contributed by atoms with E-state index in [1.165, 1.54) is 30.3 Å². The minimum Gasteiger partial charge on any atom is -0.484 e. The lowest BCUT2D eigenvalue weighted by atomic mass is 10.1. The highest BCUT2D eigenvalue weighted by Gasteiger charge is 2.34.